The van der Waals surface area contributed by atoms with Gasteiger partial charge in [-0.05, 0) is 6.07 Å². The van der Waals surface area contributed by atoms with Gasteiger partial charge in [0.2, 0.25) is 15.0 Å². The molecule has 0 radical (unpaired) electrons. The molecule has 2 heterocycles. The zero-order chi connectivity index (χ0) is 18.4. The van der Waals surface area contributed by atoms with Crippen molar-refractivity contribution >= 4 is 38.6 Å². The third-order valence-electron chi connectivity index (χ3n) is 3.74. The van der Waals surface area contributed by atoms with Crippen LogP contribution < -0.4 is 9.80 Å². The molecule has 0 saturated heterocycles. The van der Waals surface area contributed by atoms with Crippen LogP contribution in [0.15, 0.2) is 29.6 Å². The van der Waals surface area contributed by atoms with Crippen molar-refractivity contribution in [1.29, 1.82) is 0 Å². The maximum atomic E-state index is 11.6. The molecule has 0 N–H and O–H groups in total. The fraction of sp³-hybridized carbons (Fsp3) is 0.286. The molecule has 25 heavy (non-hydrogen) atoms. The van der Waals surface area contributed by atoms with E-state index in [1.807, 2.05) is 4.90 Å². The Hall–Kier alpha value is -2.46. The molecule has 1 aromatic carbocycles. The molecule has 1 aliphatic heterocycles. The first-order chi connectivity index (χ1) is 11.7. The van der Waals surface area contributed by atoms with E-state index in [0.717, 1.165) is 6.26 Å². The van der Waals surface area contributed by atoms with E-state index in [-0.39, 0.29) is 10.8 Å². The van der Waals surface area contributed by atoms with E-state index in [4.69, 9.17) is 11.6 Å². The van der Waals surface area contributed by atoms with Crippen molar-refractivity contribution in [1.82, 2.24) is 9.97 Å². The van der Waals surface area contributed by atoms with E-state index in [1.54, 1.807) is 11.9 Å². The lowest BCUT2D eigenvalue weighted by Crippen LogP contribution is -2.41. The number of nitrogens with zero attached hydrogens (tertiary/aromatic N) is 5. The van der Waals surface area contributed by atoms with Crippen molar-refractivity contribution in [2.45, 2.75) is 11.7 Å². The van der Waals surface area contributed by atoms with Crippen molar-refractivity contribution in [3.63, 3.8) is 0 Å². The first kappa shape index (κ1) is 17.4. The number of non-ortho nitro benzene ring substituents is 1. The molecular formula is C14H14ClN5O4S. The van der Waals surface area contributed by atoms with Crippen LogP contribution in [0, 0.1) is 10.1 Å². The predicted octanol–water partition coefficient (Wildman–Crippen LogP) is 1.86. The maximum absolute atomic E-state index is 11.6. The minimum atomic E-state index is -3.51. The van der Waals surface area contributed by atoms with Gasteiger partial charge in [-0.3, -0.25) is 10.1 Å². The largest absolute Gasteiger partial charge is 0.348 e. The summed E-state index contributed by atoms with van der Waals surface area (Å²) in [5.74, 6) is 0.508. The Labute approximate surface area is 148 Å². The Morgan fingerprint density at radius 2 is 2.08 bits per heavy atom. The van der Waals surface area contributed by atoms with Crippen LogP contribution in [0.3, 0.4) is 0 Å². The number of nitro benzene ring substituents is 1. The van der Waals surface area contributed by atoms with Crippen LogP contribution in [0.25, 0.3) is 0 Å². The summed E-state index contributed by atoms with van der Waals surface area (Å²) in [5, 5.41) is 11.1. The maximum Gasteiger partial charge on any atom is 0.271 e. The van der Waals surface area contributed by atoms with Crippen LogP contribution >= 0.6 is 11.6 Å². The third kappa shape index (κ3) is 3.35. The predicted molar refractivity (Wildman–Crippen MR) is 92.7 cm³/mol. The van der Waals surface area contributed by atoms with Crippen molar-refractivity contribution in [2.75, 3.05) is 29.8 Å². The van der Waals surface area contributed by atoms with E-state index in [1.165, 1.54) is 24.4 Å². The van der Waals surface area contributed by atoms with Gasteiger partial charge in [-0.15, -0.1) is 0 Å². The van der Waals surface area contributed by atoms with Crippen molar-refractivity contribution in [3.8, 4) is 0 Å². The molecule has 0 bridgehead atoms. The minimum Gasteiger partial charge on any atom is -0.348 e. The molecule has 0 spiro atoms. The van der Waals surface area contributed by atoms with Gasteiger partial charge in [0.1, 0.15) is 5.82 Å². The number of hydrogen-bond acceptors (Lipinski definition) is 8. The number of benzene rings is 1. The lowest BCUT2D eigenvalue weighted by Gasteiger charge is -2.36. The fourth-order valence-corrected chi connectivity index (χ4v) is 3.33. The van der Waals surface area contributed by atoms with Gasteiger partial charge in [0.05, 0.1) is 22.3 Å². The second-order valence-electron chi connectivity index (χ2n) is 5.70. The molecule has 0 saturated carbocycles. The molecule has 9 nitrogen and oxygen atoms in total. The molecule has 132 valence electrons. The number of sulfone groups is 1. The van der Waals surface area contributed by atoms with Gasteiger partial charge in [0, 0.05) is 43.7 Å². The van der Waals surface area contributed by atoms with Gasteiger partial charge >= 0.3 is 0 Å². The Morgan fingerprint density at radius 3 is 2.72 bits per heavy atom. The highest BCUT2D eigenvalue weighted by Gasteiger charge is 2.26. The van der Waals surface area contributed by atoms with Crippen LogP contribution in [0.4, 0.5) is 17.2 Å². The smallest absolute Gasteiger partial charge is 0.271 e. The zero-order valence-corrected chi connectivity index (χ0v) is 15.0. The number of nitro groups is 1. The highest BCUT2D eigenvalue weighted by molar-refractivity contribution is 7.90. The Kier molecular flexibility index (Phi) is 4.25. The zero-order valence-electron chi connectivity index (χ0n) is 13.4. The Morgan fingerprint density at radius 1 is 1.36 bits per heavy atom. The van der Waals surface area contributed by atoms with Gasteiger partial charge in [-0.2, -0.15) is 0 Å². The summed E-state index contributed by atoms with van der Waals surface area (Å²) in [5.41, 5.74) is 1.15. The summed E-state index contributed by atoms with van der Waals surface area (Å²) in [6.45, 7) is 0.693. The molecule has 0 amide bonds. The molecular weight excluding hydrogens is 370 g/mol. The quantitative estimate of drug-likeness (QED) is 0.448. The van der Waals surface area contributed by atoms with Gasteiger partial charge in [-0.1, -0.05) is 11.6 Å². The highest BCUT2D eigenvalue weighted by atomic mass is 35.5. The standard InChI is InChI=1S/C14H14ClN5O4S/c1-18-8-19(12-5-10(20(21)22)3-4-11(12)15)7-9-6-16-14(17-13(9)18)25(2,23)24/h3-6H,7-8H2,1-2H3. The summed E-state index contributed by atoms with van der Waals surface area (Å²) >= 11 is 6.20. The lowest BCUT2D eigenvalue weighted by molar-refractivity contribution is -0.384. The first-order valence-corrected chi connectivity index (χ1v) is 9.40. The average molecular weight is 384 g/mol. The molecule has 0 atom stereocenters. The van der Waals surface area contributed by atoms with Crippen LogP contribution in [0.2, 0.25) is 5.02 Å². The molecule has 1 aromatic heterocycles. The Balaban J connectivity index is 2.00. The van der Waals surface area contributed by atoms with Gasteiger partial charge < -0.3 is 9.80 Å². The molecule has 2 aromatic rings. The molecule has 3 rings (SSSR count). The first-order valence-electron chi connectivity index (χ1n) is 7.13. The fourth-order valence-electron chi connectivity index (χ4n) is 2.60. The van der Waals surface area contributed by atoms with E-state index in [0.29, 0.717) is 35.3 Å². The number of rotatable bonds is 3. The van der Waals surface area contributed by atoms with Crippen LogP contribution in [-0.4, -0.2) is 43.3 Å². The van der Waals surface area contributed by atoms with E-state index in [2.05, 4.69) is 9.97 Å². The second-order valence-corrected chi connectivity index (χ2v) is 8.02. The summed E-state index contributed by atoms with van der Waals surface area (Å²) in [7, 11) is -1.76. The number of aromatic nitrogens is 2. The topological polar surface area (TPSA) is 110 Å². The lowest BCUT2D eigenvalue weighted by atomic mass is 10.2. The van der Waals surface area contributed by atoms with E-state index < -0.39 is 14.8 Å². The molecule has 0 fully saturated rings. The summed E-state index contributed by atoms with van der Waals surface area (Å²) in [6.07, 6.45) is 2.50. The summed E-state index contributed by atoms with van der Waals surface area (Å²) < 4.78 is 23.2. The third-order valence-corrected chi connectivity index (χ3v) is 4.92. The van der Waals surface area contributed by atoms with Gasteiger partial charge in [-0.25, -0.2) is 18.4 Å². The number of hydrogen-bond donors (Lipinski definition) is 0. The molecule has 0 unspecified atom stereocenters. The van der Waals surface area contributed by atoms with E-state index >= 15 is 0 Å². The van der Waals surface area contributed by atoms with Crippen LogP contribution in [0.5, 0.6) is 0 Å². The monoisotopic (exact) mass is 383 g/mol. The van der Waals surface area contributed by atoms with Crippen molar-refractivity contribution in [2.24, 2.45) is 0 Å². The highest BCUT2D eigenvalue weighted by Crippen LogP contribution is 2.34. The van der Waals surface area contributed by atoms with Crippen molar-refractivity contribution < 1.29 is 13.3 Å². The van der Waals surface area contributed by atoms with Crippen LogP contribution in [-0.2, 0) is 16.4 Å². The number of fused-ring (bicyclic) bond motifs is 1. The average Bonchev–Trinajstić information content (AvgIpc) is 2.53. The van der Waals surface area contributed by atoms with Gasteiger partial charge in [0.25, 0.3) is 5.69 Å². The minimum absolute atomic E-state index is 0.0588. The number of anilines is 2. The second kappa shape index (κ2) is 6.12. The van der Waals surface area contributed by atoms with Gasteiger partial charge in [0.15, 0.2) is 0 Å². The summed E-state index contributed by atoms with van der Waals surface area (Å²) in [6, 6.07) is 4.23. The van der Waals surface area contributed by atoms with E-state index in [9.17, 15) is 18.5 Å². The molecule has 1 aliphatic rings. The molecule has 11 heteroatoms. The molecule has 0 aliphatic carbocycles. The summed E-state index contributed by atoms with van der Waals surface area (Å²) in [4.78, 5) is 22.1. The SMILES string of the molecule is CN1CN(c2cc([N+](=O)[O-])ccc2Cl)Cc2cnc(S(C)(=O)=O)nc21. The Bertz CT molecular complexity index is 966. The number of halogens is 1. The normalized spacial score (nSPS) is 14.4. The van der Waals surface area contributed by atoms with Crippen LogP contribution in [0.1, 0.15) is 5.56 Å². The van der Waals surface area contributed by atoms with Crippen molar-refractivity contribution in [3.05, 3.63) is 45.1 Å².